The van der Waals surface area contributed by atoms with Gasteiger partial charge in [0.25, 0.3) is 0 Å². The Bertz CT molecular complexity index is 602. The number of sulfone groups is 1. The lowest BCUT2D eigenvalue weighted by Crippen LogP contribution is -2.26. The van der Waals surface area contributed by atoms with Crippen LogP contribution in [0.4, 0.5) is 0 Å². The molecule has 0 aromatic carbocycles. The molecule has 0 saturated heterocycles. The molecule has 2 heterocycles. The van der Waals surface area contributed by atoms with Gasteiger partial charge in [-0.2, -0.15) is 10.2 Å². The van der Waals surface area contributed by atoms with E-state index in [9.17, 15) is 13.2 Å². The van der Waals surface area contributed by atoms with Crippen LogP contribution in [0.1, 0.15) is 12.0 Å². The summed E-state index contributed by atoms with van der Waals surface area (Å²) in [5, 5.41) is 9.36. The number of aryl methyl sites for hydroxylation is 1. The molecule has 8 heteroatoms. The number of nitrogens with zero attached hydrogens (tertiary/aromatic N) is 4. The zero-order chi connectivity index (χ0) is 13.3. The third-order valence-corrected chi connectivity index (χ3v) is 3.48. The minimum absolute atomic E-state index is 0.0808. The van der Waals surface area contributed by atoms with E-state index in [1.54, 1.807) is 24.1 Å². The molecule has 18 heavy (non-hydrogen) atoms. The van der Waals surface area contributed by atoms with Crippen LogP contribution in [0.15, 0.2) is 17.5 Å². The molecule has 0 fully saturated rings. The maximum atomic E-state index is 11.7. The first kappa shape index (κ1) is 12.7. The number of hydrazone groups is 1. The molecule has 1 aromatic heterocycles. The molecule has 0 atom stereocenters. The van der Waals surface area contributed by atoms with Crippen molar-refractivity contribution in [2.24, 2.45) is 12.1 Å². The predicted molar refractivity (Wildman–Crippen MR) is 65.8 cm³/mol. The Morgan fingerprint density at radius 2 is 2.17 bits per heavy atom. The number of carbonyl (C=O) groups is 1. The first-order chi connectivity index (χ1) is 8.35. The van der Waals surface area contributed by atoms with Crippen LogP contribution in [-0.2, 0) is 21.7 Å². The topological polar surface area (TPSA) is 84.6 Å². The van der Waals surface area contributed by atoms with Crippen LogP contribution in [0.25, 0.3) is 0 Å². The van der Waals surface area contributed by atoms with Crippen LogP contribution in [0, 0.1) is 0 Å². The molecule has 2 rings (SSSR count). The molecule has 1 aliphatic rings. The lowest BCUT2D eigenvalue weighted by atomic mass is 10.2. The highest BCUT2D eigenvalue weighted by atomic mass is 32.2. The molecule has 1 aliphatic heterocycles. The monoisotopic (exact) mass is 270 g/mol. The van der Waals surface area contributed by atoms with E-state index >= 15 is 0 Å². The van der Waals surface area contributed by atoms with Crippen molar-refractivity contribution in [2.75, 3.05) is 18.6 Å². The van der Waals surface area contributed by atoms with Gasteiger partial charge in [-0.25, -0.2) is 13.4 Å². The van der Waals surface area contributed by atoms with Gasteiger partial charge in [0.2, 0.25) is 5.91 Å². The highest BCUT2D eigenvalue weighted by Crippen LogP contribution is 2.14. The van der Waals surface area contributed by atoms with Crippen LogP contribution in [0.3, 0.4) is 0 Å². The largest absolute Gasteiger partial charge is 0.275 e. The summed E-state index contributed by atoms with van der Waals surface area (Å²) < 4.78 is 23.7. The molecular formula is C10H14N4O3S. The summed E-state index contributed by atoms with van der Waals surface area (Å²) in [6, 6.07) is 0. The minimum Gasteiger partial charge on any atom is -0.275 e. The van der Waals surface area contributed by atoms with E-state index < -0.39 is 9.84 Å². The van der Waals surface area contributed by atoms with Crippen molar-refractivity contribution in [2.45, 2.75) is 6.42 Å². The normalized spacial score (nSPS) is 16.2. The van der Waals surface area contributed by atoms with E-state index in [2.05, 4.69) is 10.2 Å². The second-order valence-corrected chi connectivity index (χ2v) is 6.53. The average Bonchev–Trinajstić information content (AvgIpc) is 2.81. The fourth-order valence-electron chi connectivity index (χ4n) is 1.63. The van der Waals surface area contributed by atoms with Crippen LogP contribution < -0.4 is 0 Å². The summed E-state index contributed by atoms with van der Waals surface area (Å²) in [6.07, 6.45) is 4.73. The van der Waals surface area contributed by atoms with Gasteiger partial charge in [-0.05, 0) is 0 Å². The van der Waals surface area contributed by atoms with Gasteiger partial charge < -0.3 is 0 Å². The van der Waals surface area contributed by atoms with Crippen molar-refractivity contribution in [3.8, 4) is 0 Å². The smallest absolute Gasteiger partial charge is 0.248 e. The SMILES string of the molecule is Cn1cc(C2=NN(CCS(C)(=O)=O)C(=O)C2)cn1. The van der Waals surface area contributed by atoms with Gasteiger partial charge >= 0.3 is 0 Å². The zero-order valence-corrected chi connectivity index (χ0v) is 11.0. The number of carbonyl (C=O) groups excluding carboxylic acids is 1. The van der Waals surface area contributed by atoms with Crippen LogP contribution in [-0.4, -0.2) is 53.4 Å². The first-order valence-corrected chi connectivity index (χ1v) is 7.46. The molecule has 0 spiro atoms. The van der Waals surface area contributed by atoms with E-state index in [0.717, 1.165) is 11.8 Å². The Balaban J connectivity index is 2.10. The second kappa shape index (κ2) is 4.52. The second-order valence-electron chi connectivity index (χ2n) is 4.27. The van der Waals surface area contributed by atoms with E-state index in [1.165, 1.54) is 5.01 Å². The summed E-state index contributed by atoms with van der Waals surface area (Å²) in [5.74, 6) is -0.264. The van der Waals surface area contributed by atoms with Gasteiger partial charge in [0.15, 0.2) is 0 Å². The standard InChI is InChI=1S/C10H14N4O3S/c1-13-7-8(6-11-13)9-5-10(15)14(12-9)3-4-18(2,16)17/h6-7H,3-5H2,1-2H3. The molecule has 0 saturated carbocycles. The molecule has 0 radical (unpaired) electrons. The molecule has 0 bridgehead atoms. The maximum Gasteiger partial charge on any atom is 0.248 e. The molecule has 1 amide bonds. The van der Waals surface area contributed by atoms with Crippen molar-refractivity contribution in [1.29, 1.82) is 0 Å². The first-order valence-electron chi connectivity index (χ1n) is 5.40. The highest BCUT2D eigenvalue weighted by molar-refractivity contribution is 7.90. The average molecular weight is 270 g/mol. The highest BCUT2D eigenvalue weighted by Gasteiger charge is 2.25. The molecule has 98 valence electrons. The van der Waals surface area contributed by atoms with Gasteiger partial charge in [0, 0.05) is 25.1 Å². The quantitative estimate of drug-likeness (QED) is 0.731. The van der Waals surface area contributed by atoms with Gasteiger partial charge in [-0.1, -0.05) is 0 Å². The zero-order valence-electron chi connectivity index (χ0n) is 10.2. The van der Waals surface area contributed by atoms with Crippen LogP contribution >= 0.6 is 0 Å². The van der Waals surface area contributed by atoms with Crippen molar-refractivity contribution >= 4 is 21.5 Å². The Morgan fingerprint density at radius 3 is 2.72 bits per heavy atom. The van der Waals surface area contributed by atoms with Gasteiger partial charge in [-0.15, -0.1) is 0 Å². The van der Waals surface area contributed by atoms with Gasteiger partial charge in [0.05, 0.1) is 30.6 Å². The van der Waals surface area contributed by atoms with Gasteiger partial charge in [-0.3, -0.25) is 9.48 Å². The Hall–Kier alpha value is -1.70. The third-order valence-electron chi connectivity index (χ3n) is 2.56. The summed E-state index contributed by atoms with van der Waals surface area (Å²) in [4.78, 5) is 11.7. The lowest BCUT2D eigenvalue weighted by Gasteiger charge is -2.09. The maximum absolute atomic E-state index is 11.7. The lowest BCUT2D eigenvalue weighted by molar-refractivity contribution is -0.128. The number of rotatable bonds is 4. The van der Waals surface area contributed by atoms with Crippen molar-refractivity contribution < 1.29 is 13.2 Å². The number of hydrogen-bond donors (Lipinski definition) is 0. The molecule has 0 unspecified atom stereocenters. The molecule has 0 N–H and O–H groups in total. The molecule has 7 nitrogen and oxygen atoms in total. The fourth-order valence-corrected chi connectivity index (χ4v) is 2.13. The molecule has 1 aromatic rings. The van der Waals surface area contributed by atoms with E-state index in [-0.39, 0.29) is 24.6 Å². The summed E-state index contributed by atoms with van der Waals surface area (Å²) in [6.45, 7) is 0.0986. The molecular weight excluding hydrogens is 256 g/mol. The Kier molecular flexibility index (Phi) is 3.20. The van der Waals surface area contributed by atoms with Crippen molar-refractivity contribution in [1.82, 2.24) is 14.8 Å². The molecule has 0 aliphatic carbocycles. The van der Waals surface area contributed by atoms with Crippen molar-refractivity contribution in [3.05, 3.63) is 18.0 Å². The Labute approximate surface area is 105 Å². The fraction of sp³-hybridized carbons (Fsp3) is 0.500. The summed E-state index contributed by atoms with van der Waals surface area (Å²) in [5.41, 5.74) is 1.41. The van der Waals surface area contributed by atoms with Crippen LogP contribution in [0.2, 0.25) is 0 Å². The Morgan fingerprint density at radius 1 is 1.44 bits per heavy atom. The third kappa shape index (κ3) is 2.95. The van der Waals surface area contributed by atoms with Crippen molar-refractivity contribution in [3.63, 3.8) is 0 Å². The summed E-state index contributed by atoms with van der Waals surface area (Å²) >= 11 is 0. The summed E-state index contributed by atoms with van der Waals surface area (Å²) in [7, 11) is -1.31. The predicted octanol–water partition coefficient (Wildman–Crippen LogP) is -0.599. The number of hydrogen-bond acceptors (Lipinski definition) is 5. The van der Waals surface area contributed by atoms with E-state index in [0.29, 0.717) is 5.71 Å². The van der Waals surface area contributed by atoms with Crippen LogP contribution in [0.5, 0.6) is 0 Å². The minimum atomic E-state index is -3.09. The van der Waals surface area contributed by atoms with Gasteiger partial charge in [0.1, 0.15) is 9.84 Å². The van der Waals surface area contributed by atoms with E-state index in [1.807, 2.05) is 0 Å². The number of aromatic nitrogens is 2. The van der Waals surface area contributed by atoms with E-state index in [4.69, 9.17) is 0 Å². The number of amides is 1.